The Hall–Kier alpha value is -3.39. The normalized spacial score (nSPS) is 10.9. The minimum absolute atomic E-state index is 0.0834. The largest absolute Gasteiger partial charge is 0.336 e. The number of anilines is 1. The van der Waals surface area contributed by atoms with E-state index in [4.69, 9.17) is 5.84 Å². The van der Waals surface area contributed by atoms with Crippen LogP contribution in [0, 0.1) is 5.82 Å². The summed E-state index contributed by atoms with van der Waals surface area (Å²) in [7, 11) is 0. The van der Waals surface area contributed by atoms with Gasteiger partial charge >= 0.3 is 0 Å². The molecule has 1 amide bonds. The Labute approximate surface area is 170 Å². The van der Waals surface area contributed by atoms with Gasteiger partial charge in [-0.25, -0.2) is 9.07 Å². The van der Waals surface area contributed by atoms with Gasteiger partial charge in [0.1, 0.15) is 5.82 Å². The standard InChI is InChI=1S/C21H18FN5OS/c22-16-8-4-9-17(12-16)24-20(28)13-29-21-26-25-19(27(21)23)11-15-7-3-6-14-5-1-2-10-18(14)15/h1-10,12H,11,13,23H2,(H,24,28). The van der Waals surface area contributed by atoms with E-state index < -0.39 is 5.82 Å². The second-order valence-corrected chi connectivity index (χ2v) is 7.37. The summed E-state index contributed by atoms with van der Waals surface area (Å²) in [6, 6.07) is 20.0. The van der Waals surface area contributed by atoms with Crippen molar-refractivity contribution in [3.05, 3.63) is 83.9 Å². The van der Waals surface area contributed by atoms with Gasteiger partial charge in [0.05, 0.1) is 5.75 Å². The minimum Gasteiger partial charge on any atom is -0.336 e. The Kier molecular flexibility index (Phi) is 5.44. The summed E-state index contributed by atoms with van der Waals surface area (Å²) in [6.45, 7) is 0. The van der Waals surface area contributed by atoms with Gasteiger partial charge in [-0.1, -0.05) is 60.3 Å². The molecule has 29 heavy (non-hydrogen) atoms. The first kappa shape index (κ1) is 18.9. The van der Waals surface area contributed by atoms with Crippen LogP contribution < -0.4 is 11.2 Å². The number of aromatic nitrogens is 3. The number of carbonyl (C=O) groups excluding carboxylic acids is 1. The number of halogens is 1. The van der Waals surface area contributed by atoms with Crippen molar-refractivity contribution < 1.29 is 9.18 Å². The van der Waals surface area contributed by atoms with E-state index in [2.05, 4.69) is 33.7 Å². The van der Waals surface area contributed by atoms with Crippen LogP contribution >= 0.6 is 11.8 Å². The molecule has 0 atom stereocenters. The zero-order chi connectivity index (χ0) is 20.2. The maximum Gasteiger partial charge on any atom is 0.234 e. The number of nitrogen functional groups attached to an aromatic ring is 1. The summed E-state index contributed by atoms with van der Waals surface area (Å²) in [5.74, 6) is 6.15. The van der Waals surface area contributed by atoms with Crippen molar-refractivity contribution in [2.24, 2.45) is 0 Å². The molecule has 0 radical (unpaired) electrons. The van der Waals surface area contributed by atoms with E-state index >= 15 is 0 Å². The molecule has 1 heterocycles. The van der Waals surface area contributed by atoms with E-state index in [-0.39, 0.29) is 11.7 Å². The average Bonchev–Trinajstić information content (AvgIpc) is 3.06. The van der Waals surface area contributed by atoms with E-state index in [1.807, 2.05) is 24.3 Å². The molecular weight excluding hydrogens is 389 g/mol. The SMILES string of the molecule is Nn1c(Cc2cccc3ccccc23)nnc1SCC(=O)Nc1cccc(F)c1. The molecule has 0 saturated carbocycles. The zero-order valence-corrected chi connectivity index (χ0v) is 16.2. The molecular formula is C21H18FN5OS. The summed E-state index contributed by atoms with van der Waals surface area (Å²) in [5.41, 5.74) is 1.50. The summed E-state index contributed by atoms with van der Waals surface area (Å²) in [5, 5.41) is 13.6. The van der Waals surface area contributed by atoms with Crippen LogP contribution in [0.1, 0.15) is 11.4 Å². The Morgan fingerprint density at radius 2 is 1.86 bits per heavy atom. The zero-order valence-electron chi connectivity index (χ0n) is 15.4. The van der Waals surface area contributed by atoms with Crippen molar-refractivity contribution in [1.82, 2.24) is 14.9 Å². The molecule has 0 saturated heterocycles. The highest BCUT2D eigenvalue weighted by molar-refractivity contribution is 7.99. The van der Waals surface area contributed by atoms with Crippen LogP contribution in [0.5, 0.6) is 0 Å². The van der Waals surface area contributed by atoms with Gasteiger partial charge in [0.15, 0.2) is 5.82 Å². The van der Waals surface area contributed by atoms with Crippen LogP contribution in [0.15, 0.2) is 71.9 Å². The quantitative estimate of drug-likeness (QED) is 0.377. The predicted octanol–water partition coefficient (Wildman–Crippen LogP) is 3.61. The van der Waals surface area contributed by atoms with Crippen molar-refractivity contribution in [2.45, 2.75) is 11.6 Å². The maximum absolute atomic E-state index is 13.2. The number of hydrogen-bond donors (Lipinski definition) is 2. The summed E-state index contributed by atoms with van der Waals surface area (Å²) in [6.07, 6.45) is 0.529. The molecule has 6 nitrogen and oxygen atoms in total. The van der Waals surface area contributed by atoms with Crippen LogP contribution in [0.3, 0.4) is 0 Å². The first-order chi connectivity index (χ1) is 14.1. The molecule has 3 N–H and O–H groups in total. The molecule has 0 aliphatic carbocycles. The molecule has 4 rings (SSSR count). The average molecular weight is 407 g/mol. The summed E-state index contributed by atoms with van der Waals surface area (Å²) < 4.78 is 14.6. The van der Waals surface area contributed by atoms with E-state index in [9.17, 15) is 9.18 Å². The Bertz CT molecular complexity index is 1170. The van der Waals surface area contributed by atoms with Gasteiger partial charge < -0.3 is 11.2 Å². The number of hydrogen-bond acceptors (Lipinski definition) is 5. The molecule has 3 aromatic carbocycles. The van der Waals surface area contributed by atoms with E-state index in [0.717, 1.165) is 16.3 Å². The number of rotatable bonds is 6. The number of thioether (sulfide) groups is 1. The van der Waals surface area contributed by atoms with Crippen LogP contribution in [-0.4, -0.2) is 26.5 Å². The highest BCUT2D eigenvalue weighted by atomic mass is 32.2. The van der Waals surface area contributed by atoms with Gasteiger partial charge in [-0.3, -0.25) is 4.79 Å². The number of nitrogens with zero attached hydrogens (tertiary/aromatic N) is 3. The molecule has 0 aliphatic heterocycles. The van der Waals surface area contributed by atoms with Crippen molar-refractivity contribution in [2.75, 3.05) is 16.9 Å². The van der Waals surface area contributed by atoms with E-state index in [0.29, 0.717) is 23.1 Å². The van der Waals surface area contributed by atoms with E-state index in [1.165, 1.54) is 34.6 Å². The number of fused-ring (bicyclic) bond motifs is 1. The molecule has 0 spiro atoms. The van der Waals surface area contributed by atoms with Gasteiger partial charge in [0.2, 0.25) is 11.1 Å². The number of nitrogens with two attached hydrogens (primary N) is 1. The number of nitrogens with one attached hydrogen (secondary N) is 1. The highest BCUT2D eigenvalue weighted by Crippen LogP contribution is 2.22. The van der Waals surface area contributed by atoms with Crippen LogP contribution in [0.4, 0.5) is 10.1 Å². The van der Waals surface area contributed by atoms with E-state index in [1.54, 1.807) is 6.07 Å². The minimum atomic E-state index is -0.407. The first-order valence-corrected chi connectivity index (χ1v) is 9.93. The van der Waals surface area contributed by atoms with Gasteiger partial charge in [0, 0.05) is 12.1 Å². The lowest BCUT2D eigenvalue weighted by Gasteiger charge is -2.07. The van der Waals surface area contributed by atoms with Gasteiger partial charge in [-0.05, 0) is 34.5 Å². The van der Waals surface area contributed by atoms with Crippen LogP contribution in [-0.2, 0) is 11.2 Å². The van der Waals surface area contributed by atoms with Gasteiger partial charge in [-0.15, -0.1) is 10.2 Å². The topological polar surface area (TPSA) is 85.8 Å². The summed E-state index contributed by atoms with van der Waals surface area (Å²) in [4.78, 5) is 12.1. The smallest absolute Gasteiger partial charge is 0.234 e. The highest BCUT2D eigenvalue weighted by Gasteiger charge is 2.14. The first-order valence-electron chi connectivity index (χ1n) is 8.94. The van der Waals surface area contributed by atoms with Crippen molar-refractivity contribution in [3.63, 3.8) is 0 Å². The monoisotopic (exact) mass is 407 g/mol. The van der Waals surface area contributed by atoms with Crippen LogP contribution in [0.2, 0.25) is 0 Å². The molecule has 0 unspecified atom stereocenters. The second kappa shape index (κ2) is 8.32. The Balaban J connectivity index is 1.42. The third-order valence-corrected chi connectivity index (χ3v) is 5.35. The number of amides is 1. The Morgan fingerprint density at radius 3 is 2.72 bits per heavy atom. The van der Waals surface area contributed by atoms with Crippen LogP contribution in [0.25, 0.3) is 10.8 Å². The lowest BCUT2D eigenvalue weighted by Crippen LogP contribution is -2.17. The molecule has 4 aromatic rings. The molecule has 0 bridgehead atoms. The lowest BCUT2D eigenvalue weighted by molar-refractivity contribution is -0.113. The molecule has 0 aliphatic rings. The lowest BCUT2D eigenvalue weighted by atomic mass is 10.0. The second-order valence-electron chi connectivity index (χ2n) is 6.43. The van der Waals surface area contributed by atoms with Crippen molar-refractivity contribution in [1.29, 1.82) is 0 Å². The van der Waals surface area contributed by atoms with Crippen molar-refractivity contribution in [3.8, 4) is 0 Å². The third-order valence-electron chi connectivity index (χ3n) is 4.40. The van der Waals surface area contributed by atoms with Gasteiger partial charge in [-0.2, -0.15) is 0 Å². The number of benzene rings is 3. The molecule has 8 heteroatoms. The van der Waals surface area contributed by atoms with Gasteiger partial charge in [0.25, 0.3) is 0 Å². The van der Waals surface area contributed by atoms with Crippen molar-refractivity contribution >= 4 is 34.1 Å². The fourth-order valence-electron chi connectivity index (χ4n) is 3.04. The fourth-order valence-corrected chi connectivity index (χ4v) is 3.71. The fraction of sp³-hybridized carbons (Fsp3) is 0.0952. The number of carbonyl (C=O) groups is 1. The molecule has 1 aromatic heterocycles. The Morgan fingerprint density at radius 1 is 1.07 bits per heavy atom. The summed E-state index contributed by atoms with van der Waals surface area (Å²) >= 11 is 1.17. The molecule has 146 valence electrons. The maximum atomic E-state index is 13.2. The predicted molar refractivity (Wildman–Crippen MR) is 113 cm³/mol. The third kappa shape index (κ3) is 4.38. The molecule has 0 fully saturated rings.